The fraction of sp³-hybridized carbons (Fsp3) is 0.286. The van der Waals surface area contributed by atoms with Gasteiger partial charge in [0.2, 0.25) is 0 Å². The van der Waals surface area contributed by atoms with Crippen molar-refractivity contribution in [1.29, 1.82) is 5.26 Å². The first-order valence-electron chi connectivity index (χ1n) is 8.45. The predicted molar refractivity (Wildman–Crippen MR) is 99.8 cm³/mol. The maximum atomic E-state index is 12.8. The van der Waals surface area contributed by atoms with Crippen LogP contribution in [0.1, 0.15) is 34.8 Å². The van der Waals surface area contributed by atoms with E-state index in [0.29, 0.717) is 11.3 Å². The topological polar surface area (TPSA) is 70.4 Å². The third-order valence-electron chi connectivity index (χ3n) is 4.01. The second kappa shape index (κ2) is 8.82. The molecule has 0 saturated heterocycles. The molecule has 0 aliphatic carbocycles. The molecule has 0 heterocycles. The Labute approximate surface area is 153 Å². The van der Waals surface area contributed by atoms with Gasteiger partial charge < -0.3 is 9.64 Å². The highest BCUT2D eigenvalue weighted by Gasteiger charge is 2.25. The first-order valence-corrected chi connectivity index (χ1v) is 8.45. The quantitative estimate of drug-likeness (QED) is 0.743. The van der Waals surface area contributed by atoms with Gasteiger partial charge in [-0.2, -0.15) is 5.26 Å². The van der Waals surface area contributed by atoms with Gasteiger partial charge >= 0.3 is 5.97 Å². The lowest BCUT2D eigenvalue weighted by Gasteiger charge is -2.25. The molecular weight excluding hydrogens is 328 g/mol. The van der Waals surface area contributed by atoms with Crippen LogP contribution in [-0.2, 0) is 9.53 Å². The Morgan fingerprint density at radius 3 is 2.46 bits per heavy atom. The van der Waals surface area contributed by atoms with Crippen molar-refractivity contribution in [2.45, 2.75) is 33.3 Å². The number of amides is 1. The number of carbonyl (C=O) groups is 2. The van der Waals surface area contributed by atoms with Crippen LogP contribution in [0.25, 0.3) is 0 Å². The van der Waals surface area contributed by atoms with E-state index in [4.69, 9.17) is 10.00 Å². The smallest absolute Gasteiger partial charge is 0.339 e. The van der Waals surface area contributed by atoms with Gasteiger partial charge in [0.15, 0.2) is 6.10 Å². The van der Waals surface area contributed by atoms with Crippen molar-refractivity contribution in [2.75, 3.05) is 11.4 Å². The Morgan fingerprint density at radius 1 is 1.15 bits per heavy atom. The molecule has 134 valence electrons. The Hall–Kier alpha value is -3.13. The summed E-state index contributed by atoms with van der Waals surface area (Å²) in [5.74, 6) is -0.888. The number of ether oxygens (including phenoxy) is 1. The van der Waals surface area contributed by atoms with E-state index in [1.54, 1.807) is 25.1 Å². The van der Waals surface area contributed by atoms with Gasteiger partial charge in [-0.05, 0) is 44.5 Å². The highest BCUT2D eigenvalue weighted by molar-refractivity contribution is 5.99. The Bertz CT molecular complexity index is 825. The van der Waals surface area contributed by atoms with Crippen molar-refractivity contribution >= 4 is 17.6 Å². The van der Waals surface area contributed by atoms with Crippen molar-refractivity contribution in [1.82, 2.24) is 0 Å². The van der Waals surface area contributed by atoms with E-state index in [2.05, 4.69) is 0 Å². The highest BCUT2D eigenvalue weighted by atomic mass is 16.5. The zero-order chi connectivity index (χ0) is 19.1. The third-order valence-corrected chi connectivity index (χ3v) is 4.01. The molecule has 0 radical (unpaired) electrons. The molecule has 0 N–H and O–H groups in total. The summed E-state index contributed by atoms with van der Waals surface area (Å²) >= 11 is 0. The van der Waals surface area contributed by atoms with Crippen LogP contribution in [0, 0.1) is 25.2 Å². The number of anilines is 1. The number of para-hydroxylation sites is 1. The van der Waals surface area contributed by atoms with Crippen molar-refractivity contribution in [3.63, 3.8) is 0 Å². The number of rotatable bonds is 6. The van der Waals surface area contributed by atoms with E-state index in [-0.39, 0.29) is 18.9 Å². The van der Waals surface area contributed by atoms with Gasteiger partial charge in [-0.3, -0.25) is 4.79 Å². The van der Waals surface area contributed by atoms with E-state index in [1.807, 2.05) is 50.2 Å². The molecule has 2 rings (SSSR count). The number of hydrogen-bond acceptors (Lipinski definition) is 4. The fourth-order valence-electron chi connectivity index (χ4n) is 2.67. The minimum atomic E-state index is -0.956. The number of nitriles is 1. The van der Waals surface area contributed by atoms with Gasteiger partial charge in [-0.15, -0.1) is 0 Å². The summed E-state index contributed by atoms with van der Waals surface area (Å²) in [4.78, 5) is 26.7. The van der Waals surface area contributed by atoms with Crippen molar-refractivity contribution in [2.24, 2.45) is 0 Å². The zero-order valence-corrected chi connectivity index (χ0v) is 15.2. The van der Waals surface area contributed by atoms with Gasteiger partial charge in [-0.25, -0.2) is 4.79 Å². The minimum Gasteiger partial charge on any atom is -0.449 e. The summed E-state index contributed by atoms with van der Waals surface area (Å²) in [7, 11) is 0. The molecule has 2 aromatic carbocycles. The molecule has 0 bridgehead atoms. The van der Waals surface area contributed by atoms with Crippen LogP contribution in [0.3, 0.4) is 0 Å². The summed E-state index contributed by atoms with van der Waals surface area (Å²) < 4.78 is 5.39. The second-order valence-corrected chi connectivity index (χ2v) is 6.10. The standard InChI is InChI=1S/C21H22N2O3/c1-15-10-11-19(16(2)14-15)21(25)26-17(3)20(24)23(13-7-12-22)18-8-5-4-6-9-18/h4-6,8-11,14,17H,7,13H2,1-3H3. The second-order valence-electron chi connectivity index (χ2n) is 6.10. The largest absolute Gasteiger partial charge is 0.449 e. The third kappa shape index (κ3) is 4.70. The molecule has 0 saturated carbocycles. The molecule has 0 aliphatic heterocycles. The number of esters is 1. The molecule has 0 aromatic heterocycles. The maximum absolute atomic E-state index is 12.8. The van der Waals surface area contributed by atoms with Gasteiger partial charge in [-0.1, -0.05) is 35.9 Å². The van der Waals surface area contributed by atoms with Crippen LogP contribution in [0.2, 0.25) is 0 Å². The van der Waals surface area contributed by atoms with Crippen molar-refractivity contribution < 1.29 is 14.3 Å². The van der Waals surface area contributed by atoms with Crippen LogP contribution in [0.15, 0.2) is 48.5 Å². The minimum absolute atomic E-state index is 0.193. The molecule has 26 heavy (non-hydrogen) atoms. The number of carbonyl (C=O) groups excluding carboxylic acids is 2. The number of nitrogens with zero attached hydrogens (tertiary/aromatic N) is 2. The molecule has 1 unspecified atom stereocenters. The van der Waals surface area contributed by atoms with E-state index >= 15 is 0 Å². The summed E-state index contributed by atoms with van der Waals surface area (Å²) in [6.07, 6.45) is -0.764. The first-order chi connectivity index (χ1) is 12.4. The Morgan fingerprint density at radius 2 is 1.85 bits per heavy atom. The summed E-state index contributed by atoms with van der Waals surface area (Å²) in [6.45, 7) is 5.57. The van der Waals surface area contributed by atoms with Gasteiger partial charge in [0, 0.05) is 12.2 Å². The predicted octanol–water partition coefficient (Wildman–Crippen LogP) is 3.80. The molecular formula is C21H22N2O3. The molecule has 5 nitrogen and oxygen atoms in total. The van der Waals surface area contributed by atoms with Gasteiger partial charge in [0.25, 0.3) is 5.91 Å². The number of aryl methyl sites for hydroxylation is 2. The Kier molecular flexibility index (Phi) is 6.51. The SMILES string of the molecule is Cc1ccc(C(=O)OC(C)C(=O)N(CCC#N)c2ccccc2)c(C)c1. The summed E-state index contributed by atoms with van der Waals surface area (Å²) in [5, 5.41) is 8.86. The van der Waals surface area contributed by atoms with Crippen LogP contribution in [0.5, 0.6) is 0 Å². The monoisotopic (exact) mass is 350 g/mol. The van der Waals surface area contributed by atoms with Gasteiger partial charge in [0.1, 0.15) is 0 Å². The molecule has 1 amide bonds. The van der Waals surface area contributed by atoms with E-state index < -0.39 is 12.1 Å². The lowest BCUT2D eigenvalue weighted by molar-refractivity contribution is -0.126. The van der Waals surface area contributed by atoms with E-state index in [1.165, 1.54) is 4.90 Å². The number of hydrogen-bond donors (Lipinski definition) is 0. The highest BCUT2D eigenvalue weighted by Crippen LogP contribution is 2.18. The van der Waals surface area contributed by atoms with Crippen molar-refractivity contribution in [3.8, 4) is 6.07 Å². The number of benzene rings is 2. The average molecular weight is 350 g/mol. The average Bonchev–Trinajstić information content (AvgIpc) is 2.62. The first kappa shape index (κ1) is 19.2. The summed E-state index contributed by atoms with van der Waals surface area (Å²) in [6, 6.07) is 16.5. The molecule has 0 aliphatic rings. The van der Waals surface area contributed by atoms with Crippen LogP contribution >= 0.6 is 0 Å². The van der Waals surface area contributed by atoms with Crippen molar-refractivity contribution in [3.05, 3.63) is 65.2 Å². The molecule has 5 heteroatoms. The zero-order valence-electron chi connectivity index (χ0n) is 15.2. The lowest BCUT2D eigenvalue weighted by atomic mass is 10.1. The fourth-order valence-corrected chi connectivity index (χ4v) is 2.67. The van der Waals surface area contributed by atoms with E-state index in [0.717, 1.165) is 11.1 Å². The molecule has 1 atom stereocenters. The molecule has 0 fully saturated rings. The normalized spacial score (nSPS) is 11.3. The van der Waals surface area contributed by atoms with Crippen LogP contribution < -0.4 is 4.90 Å². The van der Waals surface area contributed by atoms with Gasteiger partial charge in [0.05, 0.1) is 18.1 Å². The lowest BCUT2D eigenvalue weighted by Crippen LogP contribution is -2.40. The van der Waals surface area contributed by atoms with E-state index in [9.17, 15) is 9.59 Å². The Balaban J connectivity index is 2.15. The maximum Gasteiger partial charge on any atom is 0.339 e. The van der Waals surface area contributed by atoms with Crippen LogP contribution in [-0.4, -0.2) is 24.5 Å². The summed E-state index contributed by atoms with van der Waals surface area (Å²) in [5.41, 5.74) is 2.97. The van der Waals surface area contributed by atoms with Crippen LogP contribution in [0.4, 0.5) is 5.69 Å². The molecule has 0 spiro atoms. The molecule has 2 aromatic rings.